The summed E-state index contributed by atoms with van der Waals surface area (Å²) >= 11 is 0. The Labute approximate surface area is 128 Å². The fraction of sp³-hybridized carbons (Fsp3) is 0.118. The van der Waals surface area contributed by atoms with E-state index in [1.165, 1.54) is 0 Å². The Hall–Kier alpha value is -2.95. The van der Waals surface area contributed by atoms with Crippen molar-refractivity contribution in [1.82, 2.24) is 15.0 Å². The molecule has 4 rings (SSSR count). The second kappa shape index (κ2) is 5.11. The van der Waals surface area contributed by atoms with Crippen molar-refractivity contribution in [3.05, 3.63) is 61.1 Å². The minimum atomic E-state index is 0.158. The van der Waals surface area contributed by atoms with Gasteiger partial charge in [0.25, 0.3) is 0 Å². The van der Waals surface area contributed by atoms with Crippen LogP contribution < -0.4 is 10.2 Å². The summed E-state index contributed by atoms with van der Waals surface area (Å²) in [5.74, 6) is 0.904. The van der Waals surface area contributed by atoms with E-state index in [0.717, 1.165) is 28.6 Å². The molecule has 5 heteroatoms. The van der Waals surface area contributed by atoms with Crippen molar-refractivity contribution in [1.29, 1.82) is 0 Å². The summed E-state index contributed by atoms with van der Waals surface area (Å²) in [6.07, 6.45) is 3.43. The van der Waals surface area contributed by atoms with E-state index in [-0.39, 0.29) is 6.17 Å². The molecule has 1 atom stereocenters. The van der Waals surface area contributed by atoms with E-state index in [0.29, 0.717) is 0 Å². The van der Waals surface area contributed by atoms with Gasteiger partial charge in [-0.3, -0.25) is 0 Å². The number of anilines is 3. The zero-order chi connectivity index (χ0) is 14.9. The van der Waals surface area contributed by atoms with Crippen LogP contribution in [0.3, 0.4) is 0 Å². The lowest BCUT2D eigenvalue weighted by Gasteiger charge is -2.23. The Bertz CT molecular complexity index is 803. The van der Waals surface area contributed by atoms with Gasteiger partial charge in [-0.05, 0) is 37.3 Å². The van der Waals surface area contributed by atoms with Crippen molar-refractivity contribution in [3.63, 3.8) is 0 Å². The number of fused-ring (bicyclic) bond motifs is 1. The highest BCUT2D eigenvalue weighted by molar-refractivity contribution is 5.81. The molecule has 0 radical (unpaired) electrons. The van der Waals surface area contributed by atoms with Crippen molar-refractivity contribution in [2.75, 3.05) is 10.2 Å². The number of para-hydroxylation sites is 2. The average molecular weight is 289 g/mol. The van der Waals surface area contributed by atoms with Crippen LogP contribution in [-0.2, 0) is 0 Å². The largest absolute Gasteiger partial charge is 0.363 e. The molecule has 0 amide bonds. The van der Waals surface area contributed by atoms with Crippen molar-refractivity contribution < 1.29 is 0 Å². The van der Waals surface area contributed by atoms with Crippen molar-refractivity contribution in [3.8, 4) is 11.4 Å². The lowest BCUT2D eigenvalue weighted by molar-refractivity contribution is 0.829. The van der Waals surface area contributed by atoms with Crippen LogP contribution in [0.25, 0.3) is 11.4 Å². The fourth-order valence-corrected chi connectivity index (χ4v) is 2.77. The lowest BCUT2D eigenvalue weighted by atomic mass is 10.2. The maximum absolute atomic E-state index is 4.77. The van der Waals surface area contributed by atoms with Gasteiger partial charge in [-0.25, -0.2) is 15.0 Å². The first kappa shape index (κ1) is 12.8. The molecule has 0 spiro atoms. The maximum Gasteiger partial charge on any atom is 0.135 e. The zero-order valence-corrected chi connectivity index (χ0v) is 12.1. The molecule has 0 fully saturated rings. The van der Waals surface area contributed by atoms with Crippen molar-refractivity contribution in [2.24, 2.45) is 0 Å². The maximum atomic E-state index is 4.77. The summed E-state index contributed by atoms with van der Waals surface area (Å²) < 4.78 is 0. The minimum Gasteiger partial charge on any atom is -0.363 e. The van der Waals surface area contributed by atoms with Crippen molar-refractivity contribution in [2.45, 2.75) is 13.1 Å². The molecule has 2 aromatic heterocycles. The standard InChI is InChI=1S/C17H15N5/c1-12-20-15-5-2-3-7-16(15)22(12)17-8-4-6-14(21-17)13-9-10-18-11-19-13/h2-12,20H,1H3/t12-/m1/s1. The number of nitrogens with one attached hydrogen (secondary N) is 1. The second-order valence-corrected chi connectivity index (χ2v) is 5.18. The van der Waals surface area contributed by atoms with E-state index in [4.69, 9.17) is 4.98 Å². The van der Waals surface area contributed by atoms with Gasteiger partial charge < -0.3 is 10.2 Å². The van der Waals surface area contributed by atoms with Crippen LogP contribution >= 0.6 is 0 Å². The topological polar surface area (TPSA) is 53.9 Å². The van der Waals surface area contributed by atoms with Crippen LogP contribution in [0.5, 0.6) is 0 Å². The monoisotopic (exact) mass is 289 g/mol. The Morgan fingerprint density at radius 1 is 1.00 bits per heavy atom. The molecule has 22 heavy (non-hydrogen) atoms. The number of nitrogens with zero attached hydrogens (tertiary/aromatic N) is 4. The first-order chi connectivity index (χ1) is 10.8. The van der Waals surface area contributed by atoms with Gasteiger partial charge in [-0.1, -0.05) is 18.2 Å². The molecule has 1 aliphatic rings. The molecular weight excluding hydrogens is 274 g/mol. The van der Waals surface area contributed by atoms with Crippen LogP contribution in [0.1, 0.15) is 6.92 Å². The molecule has 108 valence electrons. The third-order valence-electron chi connectivity index (χ3n) is 3.74. The van der Waals surface area contributed by atoms with Crippen LogP contribution in [0, 0.1) is 0 Å². The van der Waals surface area contributed by atoms with E-state index in [1.807, 2.05) is 36.4 Å². The van der Waals surface area contributed by atoms with Gasteiger partial charge in [-0.2, -0.15) is 0 Å². The SMILES string of the molecule is C[C@@H]1Nc2ccccc2N1c1cccc(-c2ccncn2)n1. The molecule has 1 aliphatic heterocycles. The molecule has 0 saturated heterocycles. The van der Waals surface area contributed by atoms with Crippen LogP contribution in [0.4, 0.5) is 17.2 Å². The van der Waals surface area contributed by atoms with Gasteiger partial charge >= 0.3 is 0 Å². The van der Waals surface area contributed by atoms with Gasteiger partial charge in [-0.15, -0.1) is 0 Å². The number of aromatic nitrogens is 3. The molecule has 1 N–H and O–H groups in total. The summed E-state index contributed by atoms with van der Waals surface area (Å²) in [5, 5.41) is 3.47. The van der Waals surface area contributed by atoms with Crippen molar-refractivity contribution >= 4 is 17.2 Å². The molecular formula is C17H15N5. The number of rotatable bonds is 2. The van der Waals surface area contributed by atoms with Crippen LogP contribution in [0.2, 0.25) is 0 Å². The number of pyridine rings is 1. The molecule has 1 aromatic carbocycles. The van der Waals surface area contributed by atoms with Gasteiger partial charge in [0.15, 0.2) is 0 Å². The molecule has 0 unspecified atom stereocenters. The summed E-state index contributed by atoms with van der Waals surface area (Å²) in [7, 11) is 0. The highest BCUT2D eigenvalue weighted by Crippen LogP contribution is 2.39. The van der Waals surface area contributed by atoms with Crippen LogP contribution in [-0.4, -0.2) is 21.1 Å². The highest BCUT2D eigenvalue weighted by atomic mass is 15.4. The van der Waals surface area contributed by atoms with E-state index < -0.39 is 0 Å². The highest BCUT2D eigenvalue weighted by Gasteiger charge is 2.27. The van der Waals surface area contributed by atoms with Gasteiger partial charge in [0.05, 0.1) is 22.8 Å². The van der Waals surface area contributed by atoms with E-state index >= 15 is 0 Å². The number of benzene rings is 1. The molecule has 0 aliphatic carbocycles. The summed E-state index contributed by atoms with van der Waals surface area (Å²) in [4.78, 5) is 15.2. The predicted molar refractivity (Wildman–Crippen MR) is 86.9 cm³/mol. The summed E-state index contributed by atoms with van der Waals surface area (Å²) in [6.45, 7) is 2.12. The average Bonchev–Trinajstić information content (AvgIpc) is 2.91. The second-order valence-electron chi connectivity index (χ2n) is 5.18. The van der Waals surface area contributed by atoms with E-state index in [1.54, 1.807) is 12.5 Å². The Balaban J connectivity index is 1.78. The summed E-state index contributed by atoms with van der Waals surface area (Å²) in [5.41, 5.74) is 3.94. The Morgan fingerprint density at radius 2 is 1.91 bits per heavy atom. The van der Waals surface area contributed by atoms with E-state index in [9.17, 15) is 0 Å². The molecule has 3 aromatic rings. The predicted octanol–water partition coefficient (Wildman–Crippen LogP) is 3.45. The Morgan fingerprint density at radius 3 is 2.77 bits per heavy atom. The molecule has 0 bridgehead atoms. The van der Waals surface area contributed by atoms with Gasteiger partial charge in [0.1, 0.15) is 18.3 Å². The quantitative estimate of drug-likeness (QED) is 0.783. The molecule has 5 nitrogen and oxygen atoms in total. The third-order valence-corrected chi connectivity index (χ3v) is 3.74. The minimum absolute atomic E-state index is 0.158. The fourth-order valence-electron chi connectivity index (χ4n) is 2.77. The zero-order valence-electron chi connectivity index (χ0n) is 12.1. The third kappa shape index (κ3) is 2.07. The molecule has 0 saturated carbocycles. The Kier molecular flexibility index (Phi) is 2.96. The van der Waals surface area contributed by atoms with Crippen LogP contribution in [0.15, 0.2) is 61.1 Å². The molecule has 3 heterocycles. The van der Waals surface area contributed by atoms with Gasteiger partial charge in [0.2, 0.25) is 0 Å². The first-order valence-corrected chi connectivity index (χ1v) is 7.21. The summed E-state index contributed by atoms with van der Waals surface area (Å²) in [6, 6.07) is 16.1. The van der Waals surface area contributed by atoms with Gasteiger partial charge in [0, 0.05) is 6.20 Å². The van der Waals surface area contributed by atoms with E-state index in [2.05, 4.69) is 39.2 Å². The first-order valence-electron chi connectivity index (χ1n) is 7.21. The number of hydrogen-bond donors (Lipinski definition) is 1. The lowest BCUT2D eigenvalue weighted by Crippen LogP contribution is -2.29. The smallest absolute Gasteiger partial charge is 0.135 e. The normalized spacial score (nSPS) is 16.2. The number of hydrogen-bond acceptors (Lipinski definition) is 5.